The van der Waals surface area contributed by atoms with Crippen LogP contribution in [0.4, 0.5) is 0 Å². The van der Waals surface area contributed by atoms with Gasteiger partial charge in [-0.2, -0.15) is 0 Å². The number of aliphatic hydroxyl groups is 5. The van der Waals surface area contributed by atoms with Crippen LogP contribution in [-0.4, -0.2) is 62.8 Å². The maximum atomic E-state index is 10.2. The summed E-state index contributed by atoms with van der Waals surface area (Å²) >= 11 is 0. The number of aliphatic hydroxyl groups excluding tert-OH is 4. The predicted octanol–water partition coefficient (Wildman–Crippen LogP) is -3.38. The zero-order valence-electron chi connectivity index (χ0n) is 8.08. The van der Waals surface area contributed by atoms with Gasteiger partial charge in [-0.3, -0.25) is 0 Å². The average molecular weight is 182 g/mol. The van der Waals surface area contributed by atoms with Gasteiger partial charge in [0.05, 0.1) is 7.98 Å². The minimum Gasteiger partial charge on any atom is -0.394 e. The lowest BCUT2D eigenvalue weighted by Gasteiger charge is -2.22. The molecule has 0 amide bonds. The van der Waals surface area contributed by atoms with E-state index in [2.05, 4.69) is 0 Å². The van der Waals surface area contributed by atoms with Gasteiger partial charge < -0.3 is 30.3 Å². The van der Waals surface area contributed by atoms with E-state index in [1.165, 1.54) is 0 Å². The normalized spacial score (nSPS) is 26.1. The second-order valence-electron chi connectivity index (χ2n) is 2.15. The molecule has 0 aromatic heterocycles. The molecule has 6 heteroatoms. The number of hydrogen-bond donors (Lipinski definition) is 5. The maximum Gasteiger partial charge on any atom is 0.151 e. The van der Waals surface area contributed by atoms with E-state index >= 15 is 0 Å². The van der Waals surface area contributed by atoms with Crippen LogP contribution >= 0.6 is 0 Å². The van der Waals surface area contributed by atoms with Gasteiger partial charge in [-0.15, -0.1) is 0 Å². The molecule has 0 aliphatic heterocycles. The number of carbonyl (C=O) groups is 1. The van der Waals surface area contributed by atoms with Crippen LogP contribution in [0, 0.1) is 0 Å². The Kier molecular flexibility index (Phi) is 3.49. The zero-order chi connectivity index (χ0) is 11.5. The maximum absolute atomic E-state index is 10.2. The molecule has 0 saturated carbocycles. The van der Waals surface area contributed by atoms with Crippen LogP contribution in [0.3, 0.4) is 0 Å². The van der Waals surface area contributed by atoms with Crippen molar-refractivity contribution in [3.63, 3.8) is 0 Å². The van der Waals surface area contributed by atoms with Crippen molar-refractivity contribution in [2.75, 3.05) is 6.61 Å². The van der Waals surface area contributed by atoms with E-state index in [0.717, 1.165) is 0 Å². The fraction of sp³-hybridized carbons (Fsp3) is 0.833. The SMILES string of the molecule is [2H]C(=O)[C@H](O)[C@@H](O)[C@H](O)[C@]([2H])(O)CO. The molecule has 72 valence electrons. The van der Waals surface area contributed by atoms with Crippen LogP contribution in [0.25, 0.3) is 0 Å². The predicted molar refractivity (Wildman–Crippen MR) is 37.2 cm³/mol. The van der Waals surface area contributed by atoms with E-state index in [-0.39, 0.29) is 0 Å². The van der Waals surface area contributed by atoms with Crippen molar-refractivity contribution in [3.8, 4) is 0 Å². The number of carbonyl (C=O) groups excluding carboxylic acids is 1. The molecule has 6 nitrogen and oxygen atoms in total. The molecule has 0 saturated heterocycles. The highest BCUT2D eigenvalue weighted by atomic mass is 16.4. The Morgan fingerprint density at radius 2 is 1.83 bits per heavy atom. The van der Waals surface area contributed by atoms with Crippen molar-refractivity contribution in [2.45, 2.75) is 24.4 Å². The fourth-order valence-corrected chi connectivity index (χ4v) is 0.533. The van der Waals surface area contributed by atoms with Crippen LogP contribution in [0.15, 0.2) is 0 Å². The Morgan fingerprint density at radius 1 is 1.33 bits per heavy atom. The highest BCUT2D eigenvalue weighted by Crippen LogP contribution is 2.02. The molecule has 0 radical (unpaired) electrons. The summed E-state index contributed by atoms with van der Waals surface area (Å²) in [4.78, 5) is 10.2. The number of hydrogen-bond acceptors (Lipinski definition) is 6. The average Bonchev–Trinajstić information content (AvgIpc) is 2.14. The molecule has 0 heterocycles. The second kappa shape index (κ2) is 5.18. The van der Waals surface area contributed by atoms with Crippen molar-refractivity contribution in [1.29, 1.82) is 0 Å². The van der Waals surface area contributed by atoms with E-state index in [4.69, 9.17) is 28.3 Å². The molecule has 0 spiro atoms. The van der Waals surface area contributed by atoms with Crippen molar-refractivity contribution in [3.05, 3.63) is 0 Å². The van der Waals surface area contributed by atoms with Crippen molar-refractivity contribution < 1.29 is 33.1 Å². The smallest absolute Gasteiger partial charge is 0.151 e. The summed E-state index contributed by atoms with van der Waals surface area (Å²) in [5, 5.41) is 44.1. The Hall–Kier alpha value is -0.530. The van der Waals surface area contributed by atoms with Crippen molar-refractivity contribution in [1.82, 2.24) is 0 Å². The summed E-state index contributed by atoms with van der Waals surface area (Å²) in [7, 11) is 0. The molecule has 0 fully saturated rings. The third kappa shape index (κ3) is 2.84. The van der Waals surface area contributed by atoms with Gasteiger partial charge in [0.1, 0.15) is 25.8 Å². The molecule has 0 rings (SSSR count). The lowest BCUT2D eigenvalue weighted by atomic mass is 10.0. The molecular formula is C6H12O6. The first-order valence-electron chi connectivity index (χ1n) is 4.12. The van der Waals surface area contributed by atoms with Crippen LogP contribution in [0.2, 0.25) is 0 Å². The minimum atomic E-state index is -2.80. The minimum absolute atomic E-state index is 1.19. The van der Waals surface area contributed by atoms with E-state index in [1.807, 2.05) is 0 Å². The summed E-state index contributed by atoms with van der Waals surface area (Å²) in [5.41, 5.74) is 0. The summed E-state index contributed by atoms with van der Waals surface area (Å²) in [6.45, 7) is -1.19. The third-order valence-corrected chi connectivity index (χ3v) is 1.27. The summed E-state index contributed by atoms with van der Waals surface area (Å²) in [6, 6.07) is 0. The quantitative estimate of drug-likeness (QED) is 0.283. The van der Waals surface area contributed by atoms with Gasteiger partial charge in [0.25, 0.3) is 0 Å². The van der Waals surface area contributed by atoms with Crippen LogP contribution in [-0.2, 0) is 4.79 Å². The van der Waals surface area contributed by atoms with Gasteiger partial charge in [-0.25, -0.2) is 0 Å². The van der Waals surface area contributed by atoms with Crippen LogP contribution < -0.4 is 0 Å². The van der Waals surface area contributed by atoms with Gasteiger partial charge in [0.15, 0.2) is 6.26 Å². The Bertz CT molecular complexity index is 208. The fourth-order valence-electron chi connectivity index (χ4n) is 0.533. The largest absolute Gasteiger partial charge is 0.394 e. The Balaban J connectivity index is 4.53. The van der Waals surface area contributed by atoms with Crippen LogP contribution in [0.1, 0.15) is 2.74 Å². The lowest BCUT2D eigenvalue weighted by molar-refractivity contribution is -0.136. The zero-order valence-corrected chi connectivity index (χ0v) is 6.08. The first-order chi connectivity index (χ1) is 6.24. The first-order valence-corrected chi connectivity index (χ1v) is 3.12. The van der Waals surface area contributed by atoms with Crippen LogP contribution in [0.5, 0.6) is 0 Å². The summed E-state index contributed by atoms with van der Waals surface area (Å²) in [6.07, 6.45) is -11.0. The molecule has 0 bridgehead atoms. The second-order valence-corrected chi connectivity index (χ2v) is 2.15. The van der Waals surface area contributed by atoms with Crippen molar-refractivity contribution >= 4 is 6.26 Å². The highest BCUT2D eigenvalue weighted by molar-refractivity contribution is 5.56. The van der Waals surface area contributed by atoms with Gasteiger partial charge in [-0.05, 0) is 0 Å². The van der Waals surface area contributed by atoms with Crippen molar-refractivity contribution in [2.24, 2.45) is 0 Å². The molecule has 0 aliphatic rings. The topological polar surface area (TPSA) is 118 Å². The monoisotopic (exact) mass is 182 g/mol. The number of rotatable bonds is 5. The Labute approximate surface area is 71.5 Å². The highest BCUT2D eigenvalue weighted by Gasteiger charge is 2.29. The third-order valence-electron chi connectivity index (χ3n) is 1.27. The molecular weight excluding hydrogens is 168 g/mol. The molecule has 0 aromatic carbocycles. The summed E-state index contributed by atoms with van der Waals surface area (Å²) < 4.78 is 13.3. The lowest BCUT2D eigenvalue weighted by Crippen LogP contribution is -2.46. The molecule has 0 unspecified atom stereocenters. The number of aldehydes is 1. The molecule has 4 atom stereocenters. The Morgan fingerprint density at radius 3 is 2.17 bits per heavy atom. The van der Waals surface area contributed by atoms with Gasteiger partial charge >= 0.3 is 0 Å². The molecule has 12 heavy (non-hydrogen) atoms. The molecule has 5 N–H and O–H groups in total. The standard InChI is InChI=1S/C6H12O6/c7-1-3(9)5(11)6(12)4(10)2-8/h1,3-6,8-12H,2H2/t3-,4+,5+,6+/m0/s1/i1D,4D. The molecule has 0 aliphatic carbocycles. The first kappa shape index (κ1) is 8.09. The molecule has 0 aromatic rings. The van der Waals surface area contributed by atoms with E-state index in [9.17, 15) is 4.79 Å². The van der Waals surface area contributed by atoms with E-state index < -0.39 is 37.3 Å². The van der Waals surface area contributed by atoms with E-state index in [1.54, 1.807) is 0 Å². The van der Waals surface area contributed by atoms with E-state index in [0.29, 0.717) is 0 Å². The van der Waals surface area contributed by atoms with Gasteiger partial charge in [0.2, 0.25) is 0 Å². The van der Waals surface area contributed by atoms with Gasteiger partial charge in [-0.1, -0.05) is 0 Å². The summed E-state index contributed by atoms with van der Waals surface area (Å²) in [5.74, 6) is 0. The van der Waals surface area contributed by atoms with Gasteiger partial charge in [0, 0.05) is 0 Å².